The van der Waals surface area contributed by atoms with Gasteiger partial charge in [0.05, 0.1) is 6.61 Å². The molecule has 15 heavy (non-hydrogen) atoms. The first kappa shape index (κ1) is 14.9. The molecule has 0 aromatic rings. The predicted octanol–water partition coefficient (Wildman–Crippen LogP) is 1.32. The molecule has 0 aliphatic heterocycles. The van der Waals surface area contributed by atoms with Crippen LogP contribution in [0.5, 0.6) is 0 Å². The summed E-state index contributed by atoms with van der Waals surface area (Å²) in [6.45, 7) is 12.1. The molecule has 0 spiro atoms. The molecule has 0 aliphatic carbocycles. The van der Waals surface area contributed by atoms with Crippen molar-refractivity contribution in [2.45, 2.75) is 40.2 Å². The third-order valence-corrected chi connectivity index (χ3v) is 3.19. The number of nitrogens with one attached hydrogen (secondary N) is 1. The Balaban J connectivity index is 4.23. The standard InChI is InChI=1S/C12H28N2O/c1-6-7-14(8-9-15)10-12(3,4)11(2)13-5/h11,13,15H,6-10H2,1-5H3. The van der Waals surface area contributed by atoms with E-state index in [1.54, 1.807) is 0 Å². The highest BCUT2D eigenvalue weighted by Crippen LogP contribution is 2.21. The van der Waals surface area contributed by atoms with Gasteiger partial charge in [0.25, 0.3) is 0 Å². The first-order valence-electron chi connectivity index (χ1n) is 5.98. The Hall–Kier alpha value is -0.120. The van der Waals surface area contributed by atoms with E-state index in [0.29, 0.717) is 6.04 Å². The number of hydrogen-bond donors (Lipinski definition) is 2. The van der Waals surface area contributed by atoms with Crippen LogP contribution in [0.2, 0.25) is 0 Å². The maximum absolute atomic E-state index is 9.00. The summed E-state index contributed by atoms with van der Waals surface area (Å²) in [6, 6.07) is 0.482. The summed E-state index contributed by atoms with van der Waals surface area (Å²) in [5, 5.41) is 12.3. The zero-order valence-corrected chi connectivity index (χ0v) is 11.0. The van der Waals surface area contributed by atoms with Gasteiger partial charge in [-0.3, -0.25) is 0 Å². The SMILES string of the molecule is CCCN(CCO)CC(C)(C)C(C)NC. The summed E-state index contributed by atoms with van der Waals surface area (Å²) in [4.78, 5) is 2.34. The third kappa shape index (κ3) is 5.50. The molecule has 0 bridgehead atoms. The van der Waals surface area contributed by atoms with Gasteiger partial charge >= 0.3 is 0 Å². The van der Waals surface area contributed by atoms with Crippen molar-refractivity contribution >= 4 is 0 Å². The van der Waals surface area contributed by atoms with Gasteiger partial charge in [-0.1, -0.05) is 20.8 Å². The van der Waals surface area contributed by atoms with E-state index in [1.165, 1.54) is 0 Å². The second kappa shape index (κ2) is 7.20. The van der Waals surface area contributed by atoms with Crippen LogP contribution >= 0.6 is 0 Å². The molecule has 0 saturated carbocycles. The minimum Gasteiger partial charge on any atom is -0.395 e. The fourth-order valence-corrected chi connectivity index (χ4v) is 1.83. The fraction of sp³-hybridized carbons (Fsp3) is 1.00. The Morgan fingerprint density at radius 1 is 1.33 bits per heavy atom. The first-order valence-corrected chi connectivity index (χ1v) is 5.98. The van der Waals surface area contributed by atoms with E-state index < -0.39 is 0 Å². The van der Waals surface area contributed by atoms with Crippen LogP contribution in [0.3, 0.4) is 0 Å². The van der Waals surface area contributed by atoms with Gasteiger partial charge in [-0.05, 0) is 32.4 Å². The highest BCUT2D eigenvalue weighted by molar-refractivity contribution is 4.82. The highest BCUT2D eigenvalue weighted by Gasteiger charge is 2.26. The molecule has 0 rings (SSSR count). The maximum Gasteiger partial charge on any atom is 0.0558 e. The average Bonchev–Trinajstić information content (AvgIpc) is 2.16. The molecule has 0 heterocycles. The van der Waals surface area contributed by atoms with Crippen molar-refractivity contribution in [2.24, 2.45) is 5.41 Å². The quantitative estimate of drug-likeness (QED) is 0.642. The molecule has 3 heteroatoms. The van der Waals surface area contributed by atoms with Gasteiger partial charge < -0.3 is 15.3 Å². The van der Waals surface area contributed by atoms with Crippen LogP contribution < -0.4 is 5.32 Å². The molecular weight excluding hydrogens is 188 g/mol. The molecule has 0 aliphatic rings. The Morgan fingerprint density at radius 3 is 2.33 bits per heavy atom. The number of nitrogens with zero attached hydrogens (tertiary/aromatic N) is 1. The van der Waals surface area contributed by atoms with E-state index >= 15 is 0 Å². The van der Waals surface area contributed by atoms with Crippen molar-refractivity contribution in [3.8, 4) is 0 Å². The molecule has 3 nitrogen and oxygen atoms in total. The highest BCUT2D eigenvalue weighted by atomic mass is 16.3. The lowest BCUT2D eigenvalue weighted by Gasteiger charge is -2.36. The van der Waals surface area contributed by atoms with E-state index in [-0.39, 0.29) is 12.0 Å². The Labute approximate surface area is 94.9 Å². The minimum atomic E-state index is 0.235. The minimum absolute atomic E-state index is 0.235. The topological polar surface area (TPSA) is 35.5 Å². The molecule has 0 aromatic carbocycles. The van der Waals surface area contributed by atoms with Crippen molar-refractivity contribution in [1.29, 1.82) is 0 Å². The lowest BCUT2D eigenvalue weighted by atomic mass is 9.85. The molecule has 0 aromatic heterocycles. The van der Waals surface area contributed by atoms with Crippen molar-refractivity contribution in [3.63, 3.8) is 0 Å². The monoisotopic (exact) mass is 216 g/mol. The number of rotatable bonds is 8. The van der Waals surface area contributed by atoms with Crippen LogP contribution in [0.25, 0.3) is 0 Å². The summed E-state index contributed by atoms with van der Waals surface area (Å²) in [7, 11) is 2.00. The fourth-order valence-electron chi connectivity index (χ4n) is 1.83. The Morgan fingerprint density at radius 2 is 1.93 bits per heavy atom. The zero-order valence-electron chi connectivity index (χ0n) is 11.0. The summed E-state index contributed by atoms with van der Waals surface area (Å²) in [5.41, 5.74) is 0.235. The van der Waals surface area contributed by atoms with Gasteiger partial charge in [-0.25, -0.2) is 0 Å². The van der Waals surface area contributed by atoms with Crippen LogP contribution in [0.1, 0.15) is 34.1 Å². The maximum atomic E-state index is 9.00. The van der Waals surface area contributed by atoms with Gasteiger partial charge in [0.1, 0.15) is 0 Å². The van der Waals surface area contributed by atoms with Gasteiger partial charge in [-0.15, -0.1) is 0 Å². The molecule has 1 unspecified atom stereocenters. The normalized spacial score (nSPS) is 14.6. The molecular formula is C12H28N2O. The summed E-state index contributed by atoms with van der Waals surface area (Å²) in [5.74, 6) is 0. The largest absolute Gasteiger partial charge is 0.395 e. The lowest BCUT2D eigenvalue weighted by molar-refractivity contribution is 0.123. The average molecular weight is 216 g/mol. The van der Waals surface area contributed by atoms with E-state index in [1.807, 2.05) is 7.05 Å². The second-order valence-corrected chi connectivity index (χ2v) is 5.00. The van der Waals surface area contributed by atoms with E-state index in [4.69, 9.17) is 5.11 Å². The number of aliphatic hydroxyl groups excluding tert-OH is 1. The smallest absolute Gasteiger partial charge is 0.0558 e. The van der Waals surface area contributed by atoms with Gasteiger partial charge in [0, 0.05) is 19.1 Å². The third-order valence-electron chi connectivity index (χ3n) is 3.19. The van der Waals surface area contributed by atoms with Crippen molar-refractivity contribution in [1.82, 2.24) is 10.2 Å². The predicted molar refractivity (Wildman–Crippen MR) is 66.1 cm³/mol. The van der Waals surface area contributed by atoms with E-state index in [9.17, 15) is 0 Å². The van der Waals surface area contributed by atoms with Crippen LogP contribution in [0, 0.1) is 5.41 Å². The van der Waals surface area contributed by atoms with Crippen molar-refractivity contribution in [2.75, 3.05) is 33.3 Å². The first-order chi connectivity index (χ1) is 6.97. The van der Waals surface area contributed by atoms with Crippen LogP contribution in [-0.2, 0) is 0 Å². The number of hydrogen-bond acceptors (Lipinski definition) is 3. The van der Waals surface area contributed by atoms with Crippen molar-refractivity contribution in [3.05, 3.63) is 0 Å². The number of aliphatic hydroxyl groups is 1. The Bertz CT molecular complexity index is 154. The van der Waals surface area contributed by atoms with Crippen LogP contribution in [0.4, 0.5) is 0 Å². The molecule has 0 amide bonds. The van der Waals surface area contributed by atoms with Gasteiger partial charge in [-0.2, -0.15) is 0 Å². The van der Waals surface area contributed by atoms with Gasteiger partial charge in [0.2, 0.25) is 0 Å². The molecule has 92 valence electrons. The van der Waals surface area contributed by atoms with Crippen molar-refractivity contribution < 1.29 is 5.11 Å². The molecule has 0 saturated heterocycles. The van der Waals surface area contributed by atoms with E-state index in [0.717, 1.165) is 26.1 Å². The van der Waals surface area contributed by atoms with E-state index in [2.05, 4.69) is 37.9 Å². The lowest BCUT2D eigenvalue weighted by Crippen LogP contribution is -2.46. The second-order valence-electron chi connectivity index (χ2n) is 5.00. The molecule has 0 fully saturated rings. The molecule has 2 N–H and O–H groups in total. The zero-order chi connectivity index (χ0) is 11.9. The Kier molecular flexibility index (Phi) is 7.14. The summed E-state index contributed by atoms with van der Waals surface area (Å²) >= 11 is 0. The van der Waals surface area contributed by atoms with Crippen LogP contribution in [-0.4, -0.2) is 49.3 Å². The molecule has 1 atom stereocenters. The summed E-state index contributed by atoms with van der Waals surface area (Å²) in [6.07, 6.45) is 1.14. The van der Waals surface area contributed by atoms with Gasteiger partial charge in [0.15, 0.2) is 0 Å². The molecule has 0 radical (unpaired) electrons. The van der Waals surface area contributed by atoms with Crippen LogP contribution in [0.15, 0.2) is 0 Å². The summed E-state index contributed by atoms with van der Waals surface area (Å²) < 4.78 is 0.